The van der Waals surface area contributed by atoms with Gasteiger partial charge >= 0.3 is 5.97 Å². The van der Waals surface area contributed by atoms with Crippen molar-refractivity contribution < 1.29 is 22.7 Å². The van der Waals surface area contributed by atoms with Gasteiger partial charge in [0.05, 0.1) is 36.1 Å². The summed E-state index contributed by atoms with van der Waals surface area (Å²) in [5.41, 5.74) is 7.69. The lowest BCUT2D eigenvalue weighted by Crippen LogP contribution is -2.22. The molecule has 1 aliphatic carbocycles. The van der Waals surface area contributed by atoms with Crippen LogP contribution < -0.4 is 5.73 Å². The maximum atomic E-state index is 15.3. The second-order valence-electron chi connectivity index (χ2n) is 8.87. The number of carbonyl (C=O) groups excluding carboxylic acids is 1. The summed E-state index contributed by atoms with van der Waals surface area (Å²) in [7, 11) is 1.21. The molecule has 0 spiro atoms. The zero-order valence-corrected chi connectivity index (χ0v) is 19.3. The second-order valence-corrected chi connectivity index (χ2v) is 8.87. The van der Waals surface area contributed by atoms with Crippen molar-refractivity contribution in [1.82, 2.24) is 19.1 Å². The number of allylic oxidation sites excluding steroid dienone is 1. The summed E-state index contributed by atoms with van der Waals surface area (Å²) in [6.45, 7) is 4.29. The number of methoxy groups -OCH3 is 1. The van der Waals surface area contributed by atoms with Crippen LogP contribution in [0.4, 0.5) is 13.2 Å². The van der Waals surface area contributed by atoms with Crippen LogP contribution in [0, 0.1) is 5.82 Å². The van der Waals surface area contributed by atoms with Crippen molar-refractivity contribution in [3.8, 4) is 11.5 Å². The summed E-state index contributed by atoms with van der Waals surface area (Å²) in [6.07, 6.45) is 2.18. The molecule has 1 fully saturated rings. The molecule has 2 N–H and O–H groups in total. The monoisotopic (exact) mass is 483 g/mol. The summed E-state index contributed by atoms with van der Waals surface area (Å²) < 4.78 is 52.3. The zero-order chi connectivity index (χ0) is 25.1. The van der Waals surface area contributed by atoms with Gasteiger partial charge in [-0.05, 0) is 56.2 Å². The molecule has 1 saturated carbocycles. The molecule has 35 heavy (non-hydrogen) atoms. The van der Waals surface area contributed by atoms with Crippen molar-refractivity contribution in [1.29, 1.82) is 0 Å². The van der Waals surface area contributed by atoms with E-state index in [1.807, 2.05) is 0 Å². The van der Waals surface area contributed by atoms with Crippen LogP contribution in [0.15, 0.2) is 43.0 Å². The number of rotatable bonds is 7. The van der Waals surface area contributed by atoms with Crippen LogP contribution in [0.5, 0.6) is 0 Å². The first-order chi connectivity index (χ1) is 16.6. The van der Waals surface area contributed by atoms with Crippen LogP contribution in [0.1, 0.15) is 47.9 Å². The molecule has 1 aromatic carbocycles. The number of pyridine rings is 1. The number of carbonyl (C=O) groups is 1. The number of nitrogens with two attached hydrogens (primary N) is 1. The first-order valence-corrected chi connectivity index (χ1v) is 11.2. The number of benzene rings is 1. The minimum absolute atomic E-state index is 0.0199. The van der Waals surface area contributed by atoms with Crippen molar-refractivity contribution in [2.75, 3.05) is 7.11 Å². The third-order valence-electron chi connectivity index (χ3n) is 6.20. The van der Waals surface area contributed by atoms with E-state index >= 15 is 4.39 Å². The van der Waals surface area contributed by atoms with Crippen molar-refractivity contribution in [3.05, 3.63) is 60.1 Å². The number of alkyl halides is 2. The number of ether oxygens (including phenoxy) is 1. The van der Waals surface area contributed by atoms with Gasteiger partial charge in [0.2, 0.25) is 0 Å². The Balaban J connectivity index is 1.81. The average Bonchev–Trinajstić information content (AvgIpc) is 3.51. The molecule has 0 saturated heterocycles. The zero-order valence-electron chi connectivity index (χ0n) is 19.3. The van der Waals surface area contributed by atoms with E-state index in [0.717, 1.165) is 18.9 Å². The molecule has 0 amide bonds. The average molecular weight is 483 g/mol. The number of nitrogens with zero attached hydrogens (tertiary/aromatic N) is 4. The Bertz CT molecular complexity index is 1480. The molecule has 4 aromatic rings. The van der Waals surface area contributed by atoms with Gasteiger partial charge in [-0.1, -0.05) is 6.58 Å². The second kappa shape index (κ2) is 8.23. The Labute approximate surface area is 199 Å². The van der Waals surface area contributed by atoms with Gasteiger partial charge < -0.3 is 19.6 Å². The van der Waals surface area contributed by atoms with Crippen molar-refractivity contribution in [2.24, 2.45) is 5.73 Å². The number of fused-ring (bicyclic) bond motifs is 2. The van der Waals surface area contributed by atoms with E-state index in [1.54, 1.807) is 29.7 Å². The summed E-state index contributed by atoms with van der Waals surface area (Å²) in [5.74, 6) is -4.23. The minimum Gasteiger partial charge on any atom is -0.465 e. The van der Waals surface area contributed by atoms with Gasteiger partial charge in [-0.25, -0.2) is 27.9 Å². The van der Waals surface area contributed by atoms with Crippen LogP contribution >= 0.6 is 0 Å². The van der Waals surface area contributed by atoms with E-state index in [2.05, 4.69) is 16.5 Å². The lowest BCUT2D eigenvalue weighted by Gasteiger charge is -2.17. The van der Waals surface area contributed by atoms with Gasteiger partial charge in [0.15, 0.2) is 5.82 Å². The SMILES string of the molecule is C=CC(F)(F)Cn1c(-c2nc3cc(C(=O)OC)cc(F)c3n2C2CC2)cc2ccc([C@@H](C)N)nc21. The van der Waals surface area contributed by atoms with Crippen LogP contribution in [0.2, 0.25) is 0 Å². The maximum absolute atomic E-state index is 15.3. The van der Waals surface area contributed by atoms with Gasteiger partial charge in [0.25, 0.3) is 5.92 Å². The van der Waals surface area contributed by atoms with E-state index in [9.17, 15) is 13.6 Å². The molecular formula is C25H24F3N5O2. The maximum Gasteiger partial charge on any atom is 0.338 e. The first-order valence-electron chi connectivity index (χ1n) is 11.2. The highest BCUT2D eigenvalue weighted by Gasteiger charge is 2.34. The minimum atomic E-state index is -3.23. The third kappa shape index (κ3) is 3.97. The smallest absolute Gasteiger partial charge is 0.338 e. The lowest BCUT2D eigenvalue weighted by molar-refractivity contribution is 0.0379. The Morgan fingerprint density at radius 1 is 1.31 bits per heavy atom. The van der Waals surface area contributed by atoms with Crippen LogP contribution in [-0.2, 0) is 11.3 Å². The van der Waals surface area contributed by atoms with Gasteiger partial charge in [-0.3, -0.25) is 0 Å². The predicted molar refractivity (Wildman–Crippen MR) is 126 cm³/mol. The molecule has 10 heteroatoms. The summed E-state index contributed by atoms with van der Waals surface area (Å²) in [6, 6.07) is 7.36. The third-order valence-corrected chi connectivity index (χ3v) is 6.20. The fourth-order valence-corrected chi connectivity index (χ4v) is 4.30. The highest BCUT2D eigenvalue weighted by molar-refractivity contribution is 5.95. The predicted octanol–water partition coefficient (Wildman–Crippen LogP) is 5.15. The summed E-state index contributed by atoms with van der Waals surface area (Å²) in [4.78, 5) is 21.2. The standard InChI is InChI=1S/C25H24F3N5O2/c1-4-25(27,28)12-32-20(11-14-5-8-18(13(2)29)30-22(14)32)23-31-19-10-15(24(34)35-3)9-17(26)21(19)33(23)16-6-7-16/h4-5,8-11,13,16H,1,6-7,12,29H2,2-3H3/t13-/m1/s1. The number of hydrogen-bond acceptors (Lipinski definition) is 5. The van der Waals surface area contributed by atoms with E-state index in [4.69, 9.17) is 10.5 Å². The Hall–Kier alpha value is -3.66. The van der Waals surface area contributed by atoms with Crippen molar-refractivity contribution in [3.63, 3.8) is 0 Å². The molecule has 3 aromatic heterocycles. The van der Waals surface area contributed by atoms with E-state index in [1.165, 1.54) is 17.7 Å². The number of halogens is 3. The molecule has 3 heterocycles. The van der Waals surface area contributed by atoms with Crippen LogP contribution in [0.25, 0.3) is 33.6 Å². The van der Waals surface area contributed by atoms with Gasteiger partial charge in [0, 0.05) is 17.5 Å². The Kier molecular flexibility index (Phi) is 5.43. The largest absolute Gasteiger partial charge is 0.465 e. The highest BCUT2D eigenvalue weighted by atomic mass is 19.3. The van der Waals surface area contributed by atoms with E-state index < -0.39 is 30.3 Å². The van der Waals surface area contributed by atoms with Crippen molar-refractivity contribution >= 4 is 28.0 Å². The molecule has 0 unspecified atom stereocenters. The summed E-state index contributed by atoms with van der Waals surface area (Å²) in [5, 5.41) is 0.620. The molecule has 1 atom stereocenters. The molecule has 182 valence electrons. The number of hydrogen-bond donors (Lipinski definition) is 1. The van der Waals surface area contributed by atoms with Gasteiger partial charge in [-0.15, -0.1) is 0 Å². The number of esters is 1. The molecule has 7 nitrogen and oxygen atoms in total. The Morgan fingerprint density at radius 2 is 2.06 bits per heavy atom. The quantitative estimate of drug-likeness (QED) is 0.290. The number of aromatic nitrogens is 4. The van der Waals surface area contributed by atoms with Gasteiger partial charge in [0.1, 0.15) is 17.0 Å². The lowest BCUT2D eigenvalue weighted by atomic mass is 10.2. The molecule has 0 bridgehead atoms. The fraction of sp³-hybridized carbons (Fsp3) is 0.320. The topological polar surface area (TPSA) is 88.0 Å². The molecule has 0 radical (unpaired) electrons. The molecular weight excluding hydrogens is 459 g/mol. The Morgan fingerprint density at radius 3 is 2.69 bits per heavy atom. The van der Waals surface area contributed by atoms with E-state index in [-0.39, 0.29) is 22.6 Å². The van der Waals surface area contributed by atoms with Gasteiger partial charge in [-0.2, -0.15) is 0 Å². The number of imidazole rings is 1. The summed E-state index contributed by atoms with van der Waals surface area (Å²) >= 11 is 0. The molecule has 1 aliphatic rings. The molecule has 5 rings (SSSR count). The highest BCUT2D eigenvalue weighted by Crippen LogP contribution is 2.43. The van der Waals surface area contributed by atoms with Crippen molar-refractivity contribution in [2.45, 2.75) is 44.3 Å². The fourth-order valence-electron chi connectivity index (χ4n) is 4.30. The van der Waals surface area contributed by atoms with Crippen LogP contribution in [0.3, 0.4) is 0 Å². The normalized spacial score (nSPS) is 15.0. The first kappa shape index (κ1) is 23.1. The van der Waals surface area contributed by atoms with Crippen LogP contribution in [-0.4, -0.2) is 38.1 Å². The molecule has 0 aliphatic heterocycles. The van der Waals surface area contributed by atoms with E-state index in [0.29, 0.717) is 34.3 Å².